The molecule has 0 radical (unpaired) electrons. The standard InChI is InChI=1S/C14H11NS/c1-2-11-4-3-5-14(10-11)16-13-8-6-12(15)7-9-13/h1,3-10H,15H2. The summed E-state index contributed by atoms with van der Waals surface area (Å²) < 4.78 is 0. The molecule has 0 saturated carbocycles. The third-order valence-electron chi connectivity index (χ3n) is 2.12. The molecule has 0 unspecified atom stereocenters. The fraction of sp³-hybridized carbons (Fsp3) is 0. The molecule has 16 heavy (non-hydrogen) atoms. The zero-order chi connectivity index (χ0) is 11.4. The zero-order valence-corrected chi connectivity index (χ0v) is 9.50. The van der Waals surface area contributed by atoms with Gasteiger partial charge in [0, 0.05) is 21.0 Å². The Kier molecular flexibility index (Phi) is 3.19. The van der Waals surface area contributed by atoms with E-state index in [1.54, 1.807) is 11.8 Å². The number of nitrogen functional groups attached to an aromatic ring is 1. The topological polar surface area (TPSA) is 26.0 Å². The SMILES string of the molecule is C#Cc1cccc(Sc2ccc(N)cc2)c1. The molecule has 0 heterocycles. The highest BCUT2D eigenvalue weighted by atomic mass is 32.2. The molecule has 0 aliphatic carbocycles. The molecular formula is C14H11NS. The van der Waals surface area contributed by atoms with Crippen molar-refractivity contribution in [1.29, 1.82) is 0 Å². The lowest BCUT2D eigenvalue weighted by Gasteiger charge is -2.02. The van der Waals surface area contributed by atoms with Crippen molar-refractivity contribution in [2.45, 2.75) is 9.79 Å². The van der Waals surface area contributed by atoms with E-state index in [2.05, 4.69) is 5.92 Å². The van der Waals surface area contributed by atoms with Gasteiger partial charge in [-0.1, -0.05) is 23.7 Å². The van der Waals surface area contributed by atoms with Crippen LogP contribution in [0.4, 0.5) is 5.69 Å². The predicted octanol–water partition coefficient (Wildman–Crippen LogP) is 3.40. The van der Waals surface area contributed by atoms with Gasteiger partial charge in [-0.05, 0) is 42.5 Å². The maximum atomic E-state index is 5.63. The number of rotatable bonds is 2. The zero-order valence-electron chi connectivity index (χ0n) is 8.68. The molecule has 2 rings (SSSR count). The van der Waals surface area contributed by atoms with Crippen LogP contribution in [0.2, 0.25) is 0 Å². The molecule has 78 valence electrons. The van der Waals surface area contributed by atoms with E-state index >= 15 is 0 Å². The van der Waals surface area contributed by atoms with Gasteiger partial charge in [0.2, 0.25) is 0 Å². The van der Waals surface area contributed by atoms with Crippen molar-refractivity contribution in [3.05, 3.63) is 54.1 Å². The molecular weight excluding hydrogens is 214 g/mol. The van der Waals surface area contributed by atoms with Crippen molar-refractivity contribution in [3.8, 4) is 12.3 Å². The highest BCUT2D eigenvalue weighted by Gasteiger charge is 1.97. The molecule has 0 amide bonds. The minimum absolute atomic E-state index is 0.779. The Bertz CT molecular complexity index is 523. The first-order valence-corrected chi connectivity index (χ1v) is 5.69. The molecule has 2 heteroatoms. The molecule has 0 bridgehead atoms. The summed E-state index contributed by atoms with van der Waals surface area (Å²) in [6.07, 6.45) is 5.36. The van der Waals surface area contributed by atoms with E-state index in [-0.39, 0.29) is 0 Å². The van der Waals surface area contributed by atoms with Crippen LogP contribution in [-0.4, -0.2) is 0 Å². The van der Waals surface area contributed by atoms with E-state index in [0.717, 1.165) is 21.0 Å². The van der Waals surface area contributed by atoms with Crippen LogP contribution in [0.3, 0.4) is 0 Å². The second-order valence-electron chi connectivity index (χ2n) is 3.34. The Labute approximate surface area is 99.7 Å². The van der Waals surface area contributed by atoms with Crippen LogP contribution in [-0.2, 0) is 0 Å². The van der Waals surface area contributed by atoms with Gasteiger partial charge < -0.3 is 5.73 Å². The van der Waals surface area contributed by atoms with Crippen LogP contribution in [0.1, 0.15) is 5.56 Å². The monoisotopic (exact) mass is 225 g/mol. The summed E-state index contributed by atoms with van der Waals surface area (Å²) in [5.41, 5.74) is 7.31. The molecule has 0 fully saturated rings. The van der Waals surface area contributed by atoms with Gasteiger partial charge >= 0.3 is 0 Å². The largest absolute Gasteiger partial charge is 0.399 e. The predicted molar refractivity (Wildman–Crippen MR) is 69.4 cm³/mol. The van der Waals surface area contributed by atoms with E-state index in [1.807, 2.05) is 48.5 Å². The van der Waals surface area contributed by atoms with Crippen LogP contribution in [0.25, 0.3) is 0 Å². The van der Waals surface area contributed by atoms with Crippen LogP contribution >= 0.6 is 11.8 Å². The van der Waals surface area contributed by atoms with Gasteiger partial charge in [0.15, 0.2) is 0 Å². The molecule has 0 aromatic heterocycles. The third kappa shape index (κ3) is 2.59. The van der Waals surface area contributed by atoms with E-state index in [0.29, 0.717) is 0 Å². The Morgan fingerprint density at radius 3 is 2.44 bits per heavy atom. The molecule has 0 spiro atoms. The highest BCUT2D eigenvalue weighted by molar-refractivity contribution is 7.99. The minimum atomic E-state index is 0.779. The second kappa shape index (κ2) is 4.78. The van der Waals surface area contributed by atoms with Crippen molar-refractivity contribution >= 4 is 17.4 Å². The fourth-order valence-corrected chi connectivity index (χ4v) is 2.20. The molecule has 0 atom stereocenters. The molecule has 0 saturated heterocycles. The van der Waals surface area contributed by atoms with Gasteiger partial charge in [-0.25, -0.2) is 0 Å². The lowest BCUT2D eigenvalue weighted by molar-refractivity contribution is 1.40. The van der Waals surface area contributed by atoms with E-state index in [4.69, 9.17) is 12.2 Å². The second-order valence-corrected chi connectivity index (χ2v) is 4.49. The van der Waals surface area contributed by atoms with Crippen LogP contribution < -0.4 is 5.73 Å². The summed E-state index contributed by atoms with van der Waals surface area (Å²) in [6, 6.07) is 15.7. The smallest absolute Gasteiger partial charge is 0.0314 e. The number of benzene rings is 2. The van der Waals surface area contributed by atoms with Gasteiger partial charge in [-0.3, -0.25) is 0 Å². The molecule has 2 aromatic rings. The highest BCUT2D eigenvalue weighted by Crippen LogP contribution is 2.28. The molecule has 1 nitrogen and oxygen atoms in total. The van der Waals surface area contributed by atoms with Crippen molar-refractivity contribution in [2.75, 3.05) is 5.73 Å². The van der Waals surface area contributed by atoms with Crippen molar-refractivity contribution < 1.29 is 0 Å². The van der Waals surface area contributed by atoms with Crippen molar-refractivity contribution in [2.24, 2.45) is 0 Å². The van der Waals surface area contributed by atoms with Crippen LogP contribution in [0, 0.1) is 12.3 Å². The normalized spacial score (nSPS) is 9.69. The average Bonchev–Trinajstić information content (AvgIpc) is 2.32. The summed E-state index contributed by atoms with van der Waals surface area (Å²) in [4.78, 5) is 2.29. The summed E-state index contributed by atoms with van der Waals surface area (Å²) in [6.45, 7) is 0. The van der Waals surface area contributed by atoms with E-state index in [1.165, 1.54) is 0 Å². The lowest BCUT2D eigenvalue weighted by Crippen LogP contribution is -1.82. The number of hydrogen-bond donors (Lipinski definition) is 1. The summed E-state index contributed by atoms with van der Waals surface area (Å²) >= 11 is 1.67. The minimum Gasteiger partial charge on any atom is -0.399 e. The van der Waals surface area contributed by atoms with Gasteiger partial charge in [-0.2, -0.15) is 0 Å². The van der Waals surface area contributed by atoms with Gasteiger partial charge in [0.05, 0.1) is 0 Å². The van der Waals surface area contributed by atoms with Gasteiger partial charge in [0.25, 0.3) is 0 Å². The fourth-order valence-electron chi connectivity index (χ4n) is 1.32. The number of hydrogen-bond acceptors (Lipinski definition) is 2. The Morgan fingerprint density at radius 1 is 1.00 bits per heavy atom. The molecule has 2 N–H and O–H groups in total. The first-order chi connectivity index (χ1) is 7.78. The van der Waals surface area contributed by atoms with Crippen LogP contribution in [0.5, 0.6) is 0 Å². The Hall–Kier alpha value is -1.85. The number of terminal acetylenes is 1. The van der Waals surface area contributed by atoms with Crippen LogP contribution in [0.15, 0.2) is 58.3 Å². The quantitative estimate of drug-likeness (QED) is 0.626. The van der Waals surface area contributed by atoms with E-state index < -0.39 is 0 Å². The third-order valence-corrected chi connectivity index (χ3v) is 3.11. The van der Waals surface area contributed by atoms with Gasteiger partial charge in [0.1, 0.15) is 0 Å². The van der Waals surface area contributed by atoms with E-state index in [9.17, 15) is 0 Å². The molecule has 0 aliphatic heterocycles. The number of nitrogens with two attached hydrogens (primary N) is 1. The average molecular weight is 225 g/mol. The van der Waals surface area contributed by atoms with Crippen molar-refractivity contribution in [3.63, 3.8) is 0 Å². The lowest BCUT2D eigenvalue weighted by atomic mass is 10.2. The molecule has 2 aromatic carbocycles. The summed E-state index contributed by atoms with van der Waals surface area (Å²) in [5.74, 6) is 2.63. The first-order valence-electron chi connectivity index (χ1n) is 4.88. The maximum Gasteiger partial charge on any atom is 0.0314 e. The van der Waals surface area contributed by atoms with Gasteiger partial charge in [-0.15, -0.1) is 6.42 Å². The number of anilines is 1. The Balaban J connectivity index is 2.21. The molecule has 0 aliphatic rings. The Morgan fingerprint density at radius 2 is 1.75 bits per heavy atom. The first kappa shape index (κ1) is 10.7. The summed E-state index contributed by atoms with van der Waals surface area (Å²) in [5, 5.41) is 0. The van der Waals surface area contributed by atoms with Crippen molar-refractivity contribution in [1.82, 2.24) is 0 Å². The maximum absolute atomic E-state index is 5.63. The summed E-state index contributed by atoms with van der Waals surface area (Å²) in [7, 11) is 0.